The first-order valence-corrected chi connectivity index (χ1v) is 9.45. The minimum atomic E-state index is -3.52. The average Bonchev–Trinajstić information content (AvgIpc) is 2.93. The van der Waals surface area contributed by atoms with Gasteiger partial charge in [0.1, 0.15) is 10.6 Å². The molecule has 21 heavy (non-hydrogen) atoms. The molecule has 0 amide bonds. The maximum Gasteiger partial charge on any atom is 0.246 e. The Hall–Kier alpha value is -0.590. The van der Waals surface area contributed by atoms with Crippen molar-refractivity contribution in [3.8, 4) is 5.75 Å². The molecule has 4 nitrogen and oxygen atoms in total. The summed E-state index contributed by atoms with van der Waals surface area (Å²) < 4.78 is 33.4. The van der Waals surface area contributed by atoms with Gasteiger partial charge in [0.2, 0.25) is 10.0 Å². The van der Waals surface area contributed by atoms with Gasteiger partial charge in [-0.3, -0.25) is 0 Å². The van der Waals surface area contributed by atoms with Gasteiger partial charge in [0, 0.05) is 17.6 Å². The van der Waals surface area contributed by atoms with Crippen molar-refractivity contribution < 1.29 is 13.2 Å². The third kappa shape index (κ3) is 3.12. The van der Waals surface area contributed by atoms with Crippen molar-refractivity contribution in [3.63, 3.8) is 0 Å². The number of methoxy groups -OCH3 is 1. The Morgan fingerprint density at radius 1 is 1.33 bits per heavy atom. The molecule has 2 rings (SSSR count). The molecule has 1 heterocycles. The Morgan fingerprint density at radius 3 is 2.52 bits per heavy atom. The number of rotatable bonds is 5. The average molecular weight is 376 g/mol. The highest BCUT2D eigenvalue weighted by Gasteiger charge is 2.41. The highest BCUT2D eigenvalue weighted by molar-refractivity contribution is 9.10. The Morgan fingerprint density at radius 2 is 2.00 bits per heavy atom. The molecule has 1 aromatic carbocycles. The number of hydrogen-bond acceptors (Lipinski definition) is 3. The van der Waals surface area contributed by atoms with Gasteiger partial charge >= 0.3 is 0 Å². The molecule has 0 unspecified atom stereocenters. The van der Waals surface area contributed by atoms with Gasteiger partial charge in [-0.1, -0.05) is 29.8 Å². The van der Waals surface area contributed by atoms with Gasteiger partial charge in [0.15, 0.2) is 0 Å². The number of benzene rings is 1. The van der Waals surface area contributed by atoms with Gasteiger partial charge in [0.05, 0.1) is 7.11 Å². The second kappa shape index (κ2) is 6.26. The lowest BCUT2D eigenvalue weighted by Crippen LogP contribution is -2.32. The van der Waals surface area contributed by atoms with E-state index in [-0.39, 0.29) is 10.3 Å². The summed E-state index contributed by atoms with van der Waals surface area (Å²) >= 11 is 3.34. The van der Waals surface area contributed by atoms with Crippen LogP contribution in [0.4, 0.5) is 0 Å². The largest absolute Gasteiger partial charge is 0.495 e. The van der Waals surface area contributed by atoms with Crippen LogP contribution in [0.25, 0.3) is 0 Å². The number of halogens is 1. The molecule has 0 radical (unpaired) electrons. The standard InChI is InChI=1S/C15H22BrNO3S/c1-4-15(5-2)8-9-17(11-15)21(18,19)14-10-12(16)6-7-13(14)20-3/h6-7,10H,4-5,8-9,11H2,1-3H3. The molecule has 1 fully saturated rings. The van der Waals surface area contributed by atoms with Gasteiger partial charge in [-0.05, 0) is 42.9 Å². The second-order valence-electron chi connectivity index (χ2n) is 5.59. The van der Waals surface area contributed by atoms with Gasteiger partial charge in [-0.2, -0.15) is 4.31 Å². The highest BCUT2D eigenvalue weighted by atomic mass is 79.9. The quantitative estimate of drug-likeness (QED) is 0.788. The molecule has 0 atom stereocenters. The maximum absolute atomic E-state index is 12.9. The topological polar surface area (TPSA) is 46.6 Å². The Balaban J connectivity index is 2.38. The van der Waals surface area contributed by atoms with Crippen LogP contribution >= 0.6 is 15.9 Å². The van der Waals surface area contributed by atoms with E-state index in [9.17, 15) is 8.42 Å². The first kappa shape index (κ1) is 16.8. The van der Waals surface area contributed by atoms with Gasteiger partial charge in [0.25, 0.3) is 0 Å². The van der Waals surface area contributed by atoms with E-state index in [1.807, 2.05) is 0 Å². The molecule has 1 saturated heterocycles. The fourth-order valence-electron chi connectivity index (χ4n) is 2.92. The van der Waals surface area contributed by atoms with E-state index < -0.39 is 10.0 Å². The summed E-state index contributed by atoms with van der Waals surface area (Å²) in [6.45, 7) is 5.45. The van der Waals surface area contributed by atoms with Crippen LogP contribution in [-0.4, -0.2) is 32.9 Å². The number of sulfonamides is 1. The van der Waals surface area contributed by atoms with Crippen LogP contribution < -0.4 is 4.74 Å². The molecular formula is C15H22BrNO3S. The second-order valence-corrected chi connectivity index (χ2v) is 8.41. The first-order valence-electron chi connectivity index (χ1n) is 7.22. The smallest absolute Gasteiger partial charge is 0.246 e. The van der Waals surface area contributed by atoms with Crippen LogP contribution in [-0.2, 0) is 10.0 Å². The zero-order valence-corrected chi connectivity index (χ0v) is 15.1. The summed E-state index contributed by atoms with van der Waals surface area (Å²) in [6, 6.07) is 5.08. The normalized spacial score (nSPS) is 18.9. The lowest BCUT2D eigenvalue weighted by Gasteiger charge is -2.26. The van der Waals surface area contributed by atoms with Crippen molar-refractivity contribution in [1.29, 1.82) is 0 Å². The Kier molecular flexibility index (Phi) is 5.00. The van der Waals surface area contributed by atoms with Crippen molar-refractivity contribution >= 4 is 26.0 Å². The van der Waals surface area contributed by atoms with E-state index in [2.05, 4.69) is 29.8 Å². The summed E-state index contributed by atoms with van der Waals surface area (Å²) in [5.41, 5.74) is 0.117. The SMILES string of the molecule is CCC1(CC)CCN(S(=O)(=O)c2cc(Br)ccc2OC)C1. The molecule has 118 valence electrons. The van der Waals surface area contributed by atoms with Gasteiger partial charge in [-0.15, -0.1) is 0 Å². The summed E-state index contributed by atoms with van der Waals surface area (Å²) in [7, 11) is -2.02. The van der Waals surface area contributed by atoms with E-state index in [0.29, 0.717) is 18.8 Å². The van der Waals surface area contributed by atoms with E-state index in [1.54, 1.807) is 22.5 Å². The fraction of sp³-hybridized carbons (Fsp3) is 0.600. The minimum absolute atomic E-state index is 0.117. The van der Waals surface area contributed by atoms with E-state index in [4.69, 9.17) is 4.74 Å². The van der Waals surface area contributed by atoms with Crippen molar-refractivity contribution in [3.05, 3.63) is 22.7 Å². The zero-order chi connectivity index (χ0) is 15.7. The molecule has 0 aromatic heterocycles. The van der Waals surface area contributed by atoms with Crippen LogP contribution in [0.1, 0.15) is 33.1 Å². The molecular weight excluding hydrogens is 354 g/mol. The highest BCUT2D eigenvalue weighted by Crippen LogP contribution is 2.40. The van der Waals surface area contributed by atoms with Crippen molar-refractivity contribution in [2.45, 2.75) is 38.0 Å². The van der Waals surface area contributed by atoms with E-state index in [1.165, 1.54) is 7.11 Å². The number of ether oxygens (including phenoxy) is 1. The van der Waals surface area contributed by atoms with Crippen molar-refractivity contribution in [1.82, 2.24) is 4.31 Å². The van der Waals surface area contributed by atoms with Crippen LogP contribution in [0, 0.1) is 5.41 Å². The first-order chi connectivity index (χ1) is 9.88. The predicted molar refractivity (Wildman–Crippen MR) is 87.1 cm³/mol. The zero-order valence-electron chi connectivity index (χ0n) is 12.7. The molecule has 1 aromatic rings. The Bertz CT molecular complexity index is 611. The molecule has 6 heteroatoms. The molecule has 0 spiro atoms. The third-order valence-electron chi connectivity index (χ3n) is 4.65. The maximum atomic E-state index is 12.9. The Labute approximate surface area is 135 Å². The fourth-order valence-corrected chi connectivity index (χ4v) is 5.17. The van der Waals surface area contributed by atoms with Crippen molar-refractivity contribution in [2.24, 2.45) is 5.41 Å². The van der Waals surface area contributed by atoms with Crippen LogP contribution in [0.3, 0.4) is 0 Å². The van der Waals surface area contributed by atoms with Crippen molar-refractivity contribution in [2.75, 3.05) is 20.2 Å². The lowest BCUT2D eigenvalue weighted by molar-refractivity contribution is 0.279. The molecule has 1 aliphatic rings. The lowest BCUT2D eigenvalue weighted by atomic mass is 9.82. The van der Waals surface area contributed by atoms with Crippen LogP contribution in [0.2, 0.25) is 0 Å². The minimum Gasteiger partial charge on any atom is -0.495 e. The summed E-state index contributed by atoms with van der Waals surface area (Å²) in [4.78, 5) is 0.238. The molecule has 0 saturated carbocycles. The number of nitrogens with zero attached hydrogens (tertiary/aromatic N) is 1. The van der Waals surface area contributed by atoms with Gasteiger partial charge < -0.3 is 4.74 Å². The van der Waals surface area contributed by atoms with Crippen LogP contribution in [0.15, 0.2) is 27.6 Å². The van der Waals surface area contributed by atoms with Crippen LogP contribution in [0.5, 0.6) is 5.75 Å². The van der Waals surface area contributed by atoms with E-state index in [0.717, 1.165) is 23.7 Å². The molecule has 0 bridgehead atoms. The molecule has 1 aliphatic heterocycles. The summed E-state index contributed by atoms with van der Waals surface area (Å²) in [6.07, 6.45) is 2.94. The monoisotopic (exact) mass is 375 g/mol. The number of hydrogen-bond donors (Lipinski definition) is 0. The third-order valence-corrected chi connectivity index (χ3v) is 7.01. The molecule has 0 aliphatic carbocycles. The van der Waals surface area contributed by atoms with Gasteiger partial charge in [-0.25, -0.2) is 8.42 Å². The summed E-state index contributed by atoms with van der Waals surface area (Å²) in [5, 5.41) is 0. The predicted octanol–water partition coefficient (Wildman–Crippen LogP) is 3.66. The summed E-state index contributed by atoms with van der Waals surface area (Å²) in [5.74, 6) is 0.392. The van der Waals surface area contributed by atoms with E-state index >= 15 is 0 Å². The molecule has 0 N–H and O–H groups in total.